The predicted molar refractivity (Wildman–Crippen MR) is 67.5 cm³/mol. The van der Waals surface area contributed by atoms with E-state index in [2.05, 4.69) is 0 Å². The van der Waals surface area contributed by atoms with Crippen LogP contribution in [0.3, 0.4) is 0 Å². The molecule has 0 aliphatic rings. The number of aliphatic hydroxyl groups excluding tert-OH is 2. The van der Waals surface area contributed by atoms with Crippen molar-refractivity contribution in [1.29, 1.82) is 0 Å². The summed E-state index contributed by atoms with van der Waals surface area (Å²) in [5.41, 5.74) is 2.02. The van der Waals surface area contributed by atoms with E-state index in [4.69, 9.17) is 11.6 Å². The van der Waals surface area contributed by atoms with Crippen LogP contribution in [0.15, 0.2) is 18.2 Å². The van der Waals surface area contributed by atoms with Crippen molar-refractivity contribution in [1.82, 2.24) is 0 Å². The molecular formula is C13H17ClO3. The number of carbonyl (C=O) groups is 1. The number of halogens is 1. The van der Waals surface area contributed by atoms with E-state index in [9.17, 15) is 15.0 Å². The number of alkyl halides is 1. The Morgan fingerprint density at radius 1 is 1.41 bits per heavy atom. The van der Waals surface area contributed by atoms with Crippen LogP contribution in [0.5, 0.6) is 0 Å². The van der Waals surface area contributed by atoms with Crippen molar-refractivity contribution < 1.29 is 15.0 Å². The summed E-state index contributed by atoms with van der Waals surface area (Å²) >= 11 is 5.52. The largest absolute Gasteiger partial charge is 0.390 e. The lowest BCUT2D eigenvalue weighted by Crippen LogP contribution is -2.19. The average Bonchev–Trinajstić information content (AvgIpc) is 2.28. The van der Waals surface area contributed by atoms with Crippen molar-refractivity contribution in [2.24, 2.45) is 0 Å². The van der Waals surface area contributed by atoms with E-state index < -0.39 is 12.2 Å². The minimum atomic E-state index is -0.963. The normalized spacial score (nSPS) is 14.4. The quantitative estimate of drug-likeness (QED) is 0.627. The van der Waals surface area contributed by atoms with Gasteiger partial charge in [-0.05, 0) is 37.5 Å². The molecule has 0 bridgehead atoms. The number of hydrogen-bond acceptors (Lipinski definition) is 3. The third kappa shape index (κ3) is 3.53. The summed E-state index contributed by atoms with van der Waals surface area (Å²) in [6.07, 6.45) is -1.51. The zero-order valence-corrected chi connectivity index (χ0v) is 10.7. The molecule has 0 aromatic heterocycles. The summed E-state index contributed by atoms with van der Waals surface area (Å²) in [4.78, 5) is 11.2. The minimum absolute atomic E-state index is 0.0181. The van der Waals surface area contributed by atoms with Crippen LogP contribution in [0.2, 0.25) is 0 Å². The SMILES string of the molecule is CC(=O)c1ccc(C(O)C(O)CCCl)c(C)c1. The summed E-state index contributed by atoms with van der Waals surface area (Å²) in [6, 6.07) is 5.05. The third-order valence-corrected chi connectivity index (χ3v) is 2.98. The molecule has 17 heavy (non-hydrogen) atoms. The molecule has 2 unspecified atom stereocenters. The Morgan fingerprint density at radius 3 is 2.53 bits per heavy atom. The zero-order chi connectivity index (χ0) is 13.0. The first-order valence-corrected chi connectivity index (χ1v) is 6.04. The molecule has 0 aliphatic heterocycles. The zero-order valence-electron chi connectivity index (χ0n) is 9.98. The maximum Gasteiger partial charge on any atom is 0.159 e. The van der Waals surface area contributed by atoms with Gasteiger partial charge in [0.2, 0.25) is 0 Å². The van der Waals surface area contributed by atoms with Crippen LogP contribution in [0, 0.1) is 6.92 Å². The van der Waals surface area contributed by atoms with E-state index in [0.29, 0.717) is 23.4 Å². The summed E-state index contributed by atoms with van der Waals surface area (Å²) in [5, 5.41) is 19.6. The Bertz CT molecular complexity index is 404. The Hall–Kier alpha value is -0.900. The first kappa shape index (κ1) is 14.2. The van der Waals surface area contributed by atoms with Crippen molar-refractivity contribution in [2.75, 3.05) is 5.88 Å². The van der Waals surface area contributed by atoms with E-state index in [-0.39, 0.29) is 5.78 Å². The summed E-state index contributed by atoms with van der Waals surface area (Å²) in [5.74, 6) is 0.276. The van der Waals surface area contributed by atoms with Gasteiger partial charge in [-0.25, -0.2) is 0 Å². The molecule has 0 radical (unpaired) electrons. The highest BCUT2D eigenvalue weighted by molar-refractivity contribution is 6.17. The fourth-order valence-electron chi connectivity index (χ4n) is 1.70. The highest BCUT2D eigenvalue weighted by atomic mass is 35.5. The molecular weight excluding hydrogens is 240 g/mol. The molecule has 2 atom stereocenters. The molecule has 0 aliphatic carbocycles. The fraction of sp³-hybridized carbons (Fsp3) is 0.462. The van der Waals surface area contributed by atoms with Gasteiger partial charge in [-0.15, -0.1) is 11.6 Å². The fourth-order valence-corrected chi connectivity index (χ4v) is 1.93. The van der Waals surface area contributed by atoms with E-state index in [0.717, 1.165) is 5.56 Å². The van der Waals surface area contributed by atoms with Gasteiger partial charge in [-0.1, -0.05) is 12.1 Å². The second-order valence-electron chi connectivity index (χ2n) is 4.12. The molecule has 4 heteroatoms. The number of Topliss-reactive ketones (excluding diaryl/α,β-unsaturated/α-hetero) is 1. The van der Waals surface area contributed by atoms with Crippen LogP contribution < -0.4 is 0 Å². The van der Waals surface area contributed by atoms with Gasteiger partial charge in [0.05, 0.1) is 6.10 Å². The monoisotopic (exact) mass is 256 g/mol. The summed E-state index contributed by atoms with van der Waals surface area (Å²) < 4.78 is 0. The minimum Gasteiger partial charge on any atom is -0.390 e. The van der Waals surface area contributed by atoms with E-state index >= 15 is 0 Å². The molecule has 1 rings (SSSR count). The molecule has 2 N–H and O–H groups in total. The van der Waals surface area contributed by atoms with Crippen molar-refractivity contribution >= 4 is 17.4 Å². The molecule has 1 aromatic carbocycles. The maximum atomic E-state index is 11.2. The Kier molecular flexibility index (Phi) is 5.12. The van der Waals surface area contributed by atoms with E-state index in [1.165, 1.54) is 6.92 Å². The van der Waals surface area contributed by atoms with Crippen LogP contribution in [-0.4, -0.2) is 28.0 Å². The van der Waals surface area contributed by atoms with Gasteiger partial charge in [-0.2, -0.15) is 0 Å². The maximum absolute atomic E-state index is 11.2. The van der Waals surface area contributed by atoms with Crippen LogP contribution >= 0.6 is 11.6 Å². The van der Waals surface area contributed by atoms with Gasteiger partial charge < -0.3 is 10.2 Å². The number of aliphatic hydroxyl groups is 2. The molecule has 0 amide bonds. The van der Waals surface area contributed by atoms with Crippen molar-refractivity contribution in [3.05, 3.63) is 34.9 Å². The van der Waals surface area contributed by atoms with Gasteiger partial charge in [0.1, 0.15) is 6.10 Å². The molecule has 1 aromatic rings. The number of hydrogen-bond donors (Lipinski definition) is 2. The van der Waals surface area contributed by atoms with Gasteiger partial charge in [0, 0.05) is 11.4 Å². The van der Waals surface area contributed by atoms with Crippen LogP contribution in [0.25, 0.3) is 0 Å². The highest BCUT2D eigenvalue weighted by Gasteiger charge is 2.19. The topological polar surface area (TPSA) is 57.5 Å². The average molecular weight is 257 g/mol. The molecule has 0 fully saturated rings. The lowest BCUT2D eigenvalue weighted by molar-refractivity contribution is 0.0166. The Morgan fingerprint density at radius 2 is 2.06 bits per heavy atom. The Labute approximate surface area is 106 Å². The summed E-state index contributed by atoms with van der Waals surface area (Å²) in [7, 11) is 0. The standard InChI is InChI=1S/C13H17ClO3/c1-8-7-10(9(2)15)3-4-11(8)13(17)12(16)5-6-14/h3-4,7,12-13,16-17H,5-6H2,1-2H3. The van der Waals surface area contributed by atoms with E-state index in [1.807, 2.05) is 0 Å². The summed E-state index contributed by atoms with van der Waals surface area (Å²) in [6.45, 7) is 3.30. The van der Waals surface area contributed by atoms with Crippen molar-refractivity contribution in [3.63, 3.8) is 0 Å². The number of benzene rings is 1. The van der Waals surface area contributed by atoms with Gasteiger partial charge >= 0.3 is 0 Å². The first-order chi connectivity index (χ1) is 7.97. The van der Waals surface area contributed by atoms with Gasteiger partial charge in [-0.3, -0.25) is 4.79 Å². The first-order valence-electron chi connectivity index (χ1n) is 5.51. The predicted octanol–water partition coefficient (Wildman–Crippen LogP) is 2.22. The van der Waals surface area contributed by atoms with Crippen LogP contribution in [0.4, 0.5) is 0 Å². The lowest BCUT2D eigenvalue weighted by atomic mass is 9.95. The van der Waals surface area contributed by atoms with E-state index in [1.54, 1.807) is 25.1 Å². The number of aryl methyl sites for hydroxylation is 1. The smallest absolute Gasteiger partial charge is 0.159 e. The highest BCUT2D eigenvalue weighted by Crippen LogP contribution is 2.23. The molecule has 0 spiro atoms. The number of carbonyl (C=O) groups excluding carboxylic acids is 1. The molecule has 94 valence electrons. The number of ketones is 1. The van der Waals surface area contributed by atoms with Crippen molar-refractivity contribution in [3.8, 4) is 0 Å². The lowest BCUT2D eigenvalue weighted by Gasteiger charge is -2.19. The van der Waals surface area contributed by atoms with Crippen molar-refractivity contribution in [2.45, 2.75) is 32.5 Å². The molecule has 0 saturated carbocycles. The van der Waals surface area contributed by atoms with Crippen LogP contribution in [-0.2, 0) is 0 Å². The van der Waals surface area contributed by atoms with Crippen LogP contribution in [0.1, 0.15) is 40.9 Å². The number of rotatable bonds is 5. The third-order valence-electron chi connectivity index (χ3n) is 2.76. The Balaban J connectivity index is 2.95. The van der Waals surface area contributed by atoms with Gasteiger partial charge in [0.25, 0.3) is 0 Å². The second kappa shape index (κ2) is 6.15. The second-order valence-corrected chi connectivity index (χ2v) is 4.50. The molecule has 3 nitrogen and oxygen atoms in total. The molecule has 0 heterocycles. The molecule has 0 saturated heterocycles. The van der Waals surface area contributed by atoms with Gasteiger partial charge in [0.15, 0.2) is 5.78 Å².